The standard InChI is InChI=1S/C18H26N4O2/c1-12-10-15(12)21-18(19-11-17(23)22(2)3)20-14-8-9-24-16-7-5-4-6-13(14)16/h4-7,12,14-15H,8-11H2,1-3H3,(H2,19,20,21). The molecule has 1 heterocycles. The first-order valence-electron chi connectivity index (χ1n) is 8.54. The number of amides is 1. The van der Waals surface area contributed by atoms with Crippen LogP contribution in [0.25, 0.3) is 0 Å². The van der Waals surface area contributed by atoms with Gasteiger partial charge in [-0.25, -0.2) is 4.99 Å². The Bertz CT molecular complexity index is 629. The Labute approximate surface area is 143 Å². The molecule has 3 rings (SSSR count). The normalized spacial score (nSPS) is 25.3. The first-order chi connectivity index (χ1) is 11.5. The van der Waals surface area contributed by atoms with Crippen molar-refractivity contribution < 1.29 is 9.53 Å². The van der Waals surface area contributed by atoms with E-state index in [1.165, 1.54) is 0 Å². The molecule has 3 unspecified atom stereocenters. The van der Waals surface area contributed by atoms with Gasteiger partial charge >= 0.3 is 0 Å². The van der Waals surface area contributed by atoms with Crippen LogP contribution < -0.4 is 15.4 Å². The lowest BCUT2D eigenvalue weighted by Gasteiger charge is -2.28. The highest BCUT2D eigenvalue weighted by molar-refractivity contribution is 5.85. The van der Waals surface area contributed by atoms with E-state index in [1.807, 2.05) is 18.2 Å². The predicted octanol–water partition coefficient (Wildman–Crippen LogP) is 1.54. The minimum Gasteiger partial charge on any atom is -0.493 e. The molecule has 2 N–H and O–H groups in total. The summed E-state index contributed by atoms with van der Waals surface area (Å²) in [6.07, 6.45) is 2.02. The number of benzene rings is 1. The van der Waals surface area contributed by atoms with Crippen molar-refractivity contribution in [1.29, 1.82) is 0 Å². The number of aliphatic imine (C=N–C) groups is 1. The SMILES string of the molecule is CC1CC1NC(=NCC(=O)N(C)C)NC1CCOc2ccccc21. The van der Waals surface area contributed by atoms with Crippen LogP contribution in [0.15, 0.2) is 29.3 Å². The lowest BCUT2D eigenvalue weighted by atomic mass is 10.0. The fourth-order valence-electron chi connectivity index (χ4n) is 2.78. The number of hydrogen-bond acceptors (Lipinski definition) is 3. The smallest absolute Gasteiger partial charge is 0.243 e. The summed E-state index contributed by atoms with van der Waals surface area (Å²) >= 11 is 0. The molecule has 1 amide bonds. The third-order valence-corrected chi connectivity index (χ3v) is 4.57. The second-order valence-corrected chi connectivity index (χ2v) is 6.79. The van der Waals surface area contributed by atoms with Gasteiger partial charge < -0.3 is 20.3 Å². The van der Waals surface area contributed by atoms with E-state index < -0.39 is 0 Å². The van der Waals surface area contributed by atoms with Gasteiger partial charge in [0.25, 0.3) is 0 Å². The highest BCUT2D eigenvalue weighted by atomic mass is 16.5. The van der Waals surface area contributed by atoms with Crippen molar-refractivity contribution in [1.82, 2.24) is 15.5 Å². The molecule has 6 heteroatoms. The van der Waals surface area contributed by atoms with Crippen molar-refractivity contribution in [2.24, 2.45) is 10.9 Å². The van der Waals surface area contributed by atoms with Crippen LogP contribution in [0.4, 0.5) is 0 Å². The first-order valence-corrected chi connectivity index (χ1v) is 8.54. The average molecular weight is 330 g/mol. The van der Waals surface area contributed by atoms with Crippen molar-refractivity contribution >= 4 is 11.9 Å². The van der Waals surface area contributed by atoms with Crippen molar-refractivity contribution in [2.45, 2.75) is 31.8 Å². The van der Waals surface area contributed by atoms with Crippen molar-refractivity contribution in [3.63, 3.8) is 0 Å². The van der Waals surface area contributed by atoms with Crippen molar-refractivity contribution in [3.8, 4) is 5.75 Å². The van der Waals surface area contributed by atoms with Crippen LogP contribution in [0.1, 0.15) is 31.4 Å². The summed E-state index contributed by atoms with van der Waals surface area (Å²) in [5.41, 5.74) is 1.14. The highest BCUT2D eigenvalue weighted by Gasteiger charge is 2.34. The van der Waals surface area contributed by atoms with Gasteiger partial charge in [-0.05, 0) is 18.4 Å². The maximum absolute atomic E-state index is 11.8. The molecule has 130 valence electrons. The fraction of sp³-hybridized carbons (Fsp3) is 0.556. The molecule has 3 atom stereocenters. The lowest BCUT2D eigenvalue weighted by molar-refractivity contribution is -0.127. The van der Waals surface area contributed by atoms with E-state index in [0.717, 1.165) is 24.2 Å². The molecular weight excluding hydrogens is 304 g/mol. The maximum Gasteiger partial charge on any atom is 0.243 e. The van der Waals surface area contributed by atoms with Gasteiger partial charge in [0.1, 0.15) is 12.3 Å². The maximum atomic E-state index is 11.8. The van der Waals surface area contributed by atoms with Crippen LogP contribution in [-0.4, -0.2) is 50.1 Å². The molecule has 1 aliphatic carbocycles. The monoisotopic (exact) mass is 330 g/mol. The number of para-hydroxylation sites is 1. The summed E-state index contributed by atoms with van der Waals surface area (Å²) in [6.45, 7) is 3.04. The summed E-state index contributed by atoms with van der Waals surface area (Å²) in [5, 5.41) is 6.93. The van der Waals surface area contributed by atoms with Crippen LogP contribution in [0.2, 0.25) is 0 Å². The molecule has 0 spiro atoms. The second kappa shape index (κ2) is 7.11. The molecular formula is C18H26N4O2. The Morgan fingerprint density at radius 2 is 2.08 bits per heavy atom. The number of rotatable bonds is 4. The molecule has 0 radical (unpaired) electrons. The minimum atomic E-state index is -0.00711. The first kappa shape index (κ1) is 16.6. The van der Waals surface area contributed by atoms with E-state index in [9.17, 15) is 4.79 Å². The van der Waals surface area contributed by atoms with Gasteiger partial charge in [0.2, 0.25) is 5.91 Å². The summed E-state index contributed by atoms with van der Waals surface area (Å²) in [7, 11) is 3.49. The van der Waals surface area contributed by atoms with Crippen molar-refractivity contribution in [2.75, 3.05) is 27.2 Å². The van der Waals surface area contributed by atoms with Gasteiger partial charge in [0, 0.05) is 32.1 Å². The van der Waals surface area contributed by atoms with Gasteiger partial charge in [-0.15, -0.1) is 0 Å². The van der Waals surface area contributed by atoms with E-state index in [2.05, 4.69) is 28.6 Å². The molecule has 1 fully saturated rings. The number of hydrogen-bond donors (Lipinski definition) is 2. The Hall–Kier alpha value is -2.24. The van der Waals surface area contributed by atoms with E-state index in [1.54, 1.807) is 19.0 Å². The van der Waals surface area contributed by atoms with E-state index in [4.69, 9.17) is 4.74 Å². The molecule has 24 heavy (non-hydrogen) atoms. The third-order valence-electron chi connectivity index (χ3n) is 4.57. The van der Waals surface area contributed by atoms with Gasteiger partial charge in [0.05, 0.1) is 12.6 Å². The Kier molecular flexibility index (Phi) is 4.92. The number of ether oxygens (including phenoxy) is 1. The van der Waals surface area contributed by atoms with Crippen LogP contribution in [-0.2, 0) is 4.79 Å². The topological polar surface area (TPSA) is 66.0 Å². The highest BCUT2D eigenvalue weighted by Crippen LogP contribution is 2.32. The molecule has 0 aromatic heterocycles. The summed E-state index contributed by atoms with van der Waals surface area (Å²) < 4.78 is 5.71. The van der Waals surface area contributed by atoms with E-state index in [0.29, 0.717) is 24.5 Å². The average Bonchev–Trinajstić information content (AvgIpc) is 3.27. The molecule has 1 aromatic rings. The zero-order valence-corrected chi connectivity index (χ0v) is 14.6. The third kappa shape index (κ3) is 3.99. The summed E-state index contributed by atoms with van der Waals surface area (Å²) in [4.78, 5) is 17.9. The second-order valence-electron chi connectivity index (χ2n) is 6.79. The van der Waals surface area contributed by atoms with Crippen LogP contribution in [0.5, 0.6) is 5.75 Å². The van der Waals surface area contributed by atoms with Gasteiger partial charge in [-0.3, -0.25) is 4.79 Å². The lowest BCUT2D eigenvalue weighted by Crippen LogP contribution is -2.43. The molecule has 0 saturated heterocycles. The predicted molar refractivity (Wildman–Crippen MR) is 94.1 cm³/mol. The number of fused-ring (bicyclic) bond motifs is 1. The molecule has 1 aromatic carbocycles. The molecule has 1 saturated carbocycles. The minimum absolute atomic E-state index is 0.00711. The van der Waals surface area contributed by atoms with Crippen molar-refractivity contribution in [3.05, 3.63) is 29.8 Å². The number of nitrogens with one attached hydrogen (secondary N) is 2. The van der Waals surface area contributed by atoms with Crippen LogP contribution >= 0.6 is 0 Å². The van der Waals surface area contributed by atoms with E-state index >= 15 is 0 Å². The Balaban J connectivity index is 1.72. The Morgan fingerprint density at radius 3 is 2.79 bits per heavy atom. The van der Waals surface area contributed by atoms with E-state index in [-0.39, 0.29) is 18.5 Å². The van der Waals surface area contributed by atoms with Gasteiger partial charge in [-0.2, -0.15) is 0 Å². The molecule has 0 bridgehead atoms. The molecule has 2 aliphatic rings. The summed E-state index contributed by atoms with van der Waals surface area (Å²) in [6, 6.07) is 8.66. The fourth-order valence-corrected chi connectivity index (χ4v) is 2.78. The number of nitrogens with zero attached hydrogens (tertiary/aromatic N) is 2. The molecule has 1 aliphatic heterocycles. The van der Waals surface area contributed by atoms with Crippen LogP contribution in [0.3, 0.4) is 0 Å². The van der Waals surface area contributed by atoms with Gasteiger partial charge in [-0.1, -0.05) is 25.1 Å². The number of carbonyl (C=O) groups excluding carboxylic acids is 1. The number of carbonyl (C=O) groups is 1. The zero-order valence-electron chi connectivity index (χ0n) is 14.6. The number of guanidine groups is 1. The number of likely N-dealkylation sites (N-methyl/N-ethyl adjacent to an activating group) is 1. The largest absolute Gasteiger partial charge is 0.493 e. The molecule has 6 nitrogen and oxygen atoms in total. The summed E-state index contributed by atoms with van der Waals surface area (Å²) in [5.74, 6) is 2.28. The Morgan fingerprint density at radius 1 is 1.33 bits per heavy atom. The quantitative estimate of drug-likeness (QED) is 0.649. The zero-order chi connectivity index (χ0) is 17.1. The van der Waals surface area contributed by atoms with Gasteiger partial charge in [0.15, 0.2) is 5.96 Å². The van der Waals surface area contributed by atoms with Crippen LogP contribution in [0, 0.1) is 5.92 Å².